The molecule has 35 heavy (non-hydrogen) atoms. The van der Waals surface area contributed by atoms with Gasteiger partial charge in [-0.15, -0.1) is 0 Å². The third-order valence-electron chi connectivity index (χ3n) is 6.63. The Morgan fingerprint density at radius 3 is 2.66 bits per heavy atom. The second-order valence-corrected chi connectivity index (χ2v) is 9.20. The highest BCUT2D eigenvalue weighted by Crippen LogP contribution is 2.28. The average Bonchev–Trinajstić information content (AvgIpc) is 3.18. The maximum atomic E-state index is 13.3. The normalized spacial score (nSPS) is 16.0. The molecule has 2 heterocycles. The number of carbonyl (C=O) groups is 4. The number of anilines is 1. The fourth-order valence-electron chi connectivity index (χ4n) is 4.88. The van der Waals surface area contributed by atoms with Gasteiger partial charge in [0.15, 0.2) is 0 Å². The van der Waals surface area contributed by atoms with E-state index in [1.54, 1.807) is 25.2 Å². The number of imide groups is 1. The molecule has 0 aliphatic carbocycles. The van der Waals surface area contributed by atoms with Gasteiger partial charge in [0.1, 0.15) is 12.0 Å². The van der Waals surface area contributed by atoms with E-state index < -0.39 is 6.04 Å². The van der Waals surface area contributed by atoms with Crippen molar-refractivity contribution in [3.05, 3.63) is 63.8 Å². The number of aryl methyl sites for hydroxylation is 3. The number of aldehydes is 1. The largest absolute Gasteiger partial charge is 0.350 e. The van der Waals surface area contributed by atoms with Crippen LogP contribution in [0.4, 0.5) is 5.69 Å². The van der Waals surface area contributed by atoms with E-state index in [0.717, 1.165) is 33.9 Å². The molecule has 0 bridgehead atoms. The Morgan fingerprint density at radius 1 is 1.20 bits per heavy atom. The quantitative estimate of drug-likeness (QED) is 0.358. The molecule has 3 N–H and O–H groups in total. The summed E-state index contributed by atoms with van der Waals surface area (Å²) in [5.74, 6) is -0.859. The summed E-state index contributed by atoms with van der Waals surface area (Å²) < 4.78 is 0. The van der Waals surface area contributed by atoms with E-state index in [1.165, 1.54) is 0 Å². The number of H-pyrrole nitrogens is 1. The number of piperidine rings is 1. The summed E-state index contributed by atoms with van der Waals surface area (Å²) in [4.78, 5) is 53.7. The smallest absolute Gasteiger partial charge is 0.272 e. The summed E-state index contributed by atoms with van der Waals surface area (Å²) in [6.07, 6.45) is 2.17. The summed E-state index contributed by atoms with van der Waals surface area (Å²) in [5, 5.41) is 6.37. The van der Waals surface area contributed by atoms with Crippen molar-refractivity contribution in [3.8, 4) is 0 Å². The molecule has 1 unspecified atom stereocenters. The van der Waals surface area contributed by atoms with Crippen LogP contribution in [0.25, 0.3) is 10.9 Å². The number of aromatic amines is 1. The van der Waals surface area contributed by atoms with Gasteiger partial charge in [0.2, 0.25) is 11.8 Å². The number of carbonyl (C=O) groups excluding carboxylic acids is 4. The van der Waals surface area contributed by atoms with Gasteiger partial charge in [0.25, 0.3) is 5.91 Å². The number of hydrogen-bond donors (Lipinski definition) is 3. The lowest BCUT2D eigenvalue weighted by atomic mass is 10.0. The zero-order valence-electron chi connectivity index (χ0n) is 20.5. The summed E-state index contributed by atoms with van der Waals surface area (Å²) in [6, 6.07) is 8.83. The van der Waals surface area contributed by atoms with E-state index in [2.05, 4.69) is 27.8 Å². The fraction of sp³-hybridized carbons (Fsp3) is 0.333. The van der Waals surface area contributed by atoms with Crippen LogP contribution in [0.3, 0.4) is 0 Å². The van der Waals surface area contributed by atoms with Crippen LogP contribution >= 0.6 is 0 Å². The third-order valence-corrected chi connectivity index (χ3v) is 6.63. The second kappa shape index (κ2) is 9.84. The van der Waals surface area contributed by atoms with Gasteiger partial charge in [-0.1, -0.05) is 18.6 Å². The minimum absolute atomic E-state index is 0.251. The van der Waals surface area contributed by atoms with Crippen molar-refractivity contribution >= 4 is 40.6 Å². The van der Waals surface area contributed by atoms with Gasteiger partial charge in [-0.25, -0.2) is 0 Å². The maximum Gasteiger partial charge on any atom is 0.272 e. The van der Waals surface area contributed by atoms with Gasteiger partial charge < -0.3 is 10.3 Å². The minimum Gasteiger partial charge on any atom is -0.350 e. The SMILES string of the molecule is CCc1c(C(=O)Nc2ccc(C=O)c(CN(C)C3CCC(=O)NC3=O)c2)[nH]c2c(C)cc(C)cc12. The van der Waals surface area contributed by atoms with Gasteiger partial charge >= 0.3 is 0 Å². The van der Waals surface area contributed by atoms with E-state index in [1.807, 2.05) is 25.7 Å². The topological polar surface area (TPSA) is 111 Å². The lowest BCUT2D eigenvalue weighted by molar-refractivity contribution is -0.137. The van der Waals surface area contributed by atoms with Crippen molar-refractivity contribution in [2.75, 3.05) is 12.4 Å². The van der Waals surface area contributed by atoms with Gasteiger partial charge in [0.05, 0.1) is 6.04 Å². The maximum absolute atomic E-state index is 13.3. The Morgan fingerprint density at radius 2 is 1.97 bits per heavy atom. The summed E-state index contributed by atoms with van der Waals surface area (Å²) in [6.45, 7) is 6.41. The summed E-state index contributed by atoms with van der Waals surface area (Å²) >= 11 is 0. The number of rotatable bonds is 7. The number of hydrogen-bond acceptors (Lipinski definition) is 5. The Labute approximate surface area is 204 Å². The zero-order valence-corrected chi connectivity index (χ0v) is 20.5. The zero-order chi connectivity index (χ0) is 25.3. The number of nitrogens with zero attached hydrogens (tertiary/aromatic N) is 1. The van der Waals surface area contributed by atoms with E-state index in [4.69, 9.17) is 0 Å². The molecule has 1 aromatic heterocycles. The van der Waals surface area contributed by atoms with Gasteiger partial charge in [-0.2, -0.15) is 0 Å². The van der Waals surface area contributed by atoms with Crippen molar-refractivity contribution < 1.29 is 19.2 Å². The molecule has 0 radical (unpaired) electrons. The lowest BCUT2D eigenvalue weighted by Gasteiger charge is -2.30. The third kappa shape index (κ3) is 4.88. The molecule has 4 rings (SSSR count). The molecule has 3 aromatic rings. The number of fused-ring (bicyclic) bond motifs is 1. The number of amides is 3. The first-order valence-electron chi connectivity index (χ1n) is 11.8. The number of aromatic nitrogens is 1. The number of nitrogens with one attached hydrogen (secondary N) is 3. The van der Waals surface area contributed by atoms with E-state index in [9.17, 15) is 19.2 Å². The van der Waals surface area contributed by atoms with Crippen molar-refractivity contribution in [1.82, 2.24) is 15.2 Å². The number of benzene rings is 2. The molecule has 1 fully saturated rings. The molecule has 0 spiro atoms. The Hall–Kier alpha value is -3.78. The van der Waals surface area contributed by atoms with E-state index >= 15 is 0 Å². The van der Waals surface area contributed by atoms with Gasteiger partial charge in [-0.05, 0) is 74.7 Å². The molecule has 1 aliphatic rings. The molecule has 1 saturated heterocycles. The van der Waals surface area contributed by atoms with E-state index in [-0.39, 0.29) is 24.1 Å². The van der Waals surface area contributed by atoms with Crippen molar-refractivity contribution in [3.63, 3.8) is 0 Å². The first-order chi connectivity index (χ1) is 16.7. The van der Waals surface area contributed by atoms with Crippen LogP contribution < -0.4 is 10.6 Å². The molecule has 1 atom stereocenters. The molecular formula is C27H30N4O4. The standard InChI is InChI=1S/C27H30N4O4/c1-5-20-21-11-15(2)10-16(3)24(21)30-25(20)27(35)28-19-7-6-17(14-32)18(12-19)13-31(4)22-8-9-23(33)29-26(22)34/h6-7,10-12,14,22,30H,5,8-9,13H2,1-4H3,(H,28,35)(H,29,33,34). The van der Waals surface area contributed by atoms with Gasteiger partial charge in [-0.3, -0.25) is 29.4 Å². The van der Waals surface area contributed by atoms with Gasteiger partial charge in [0, 0.05) is 35.1 Å². The van der Waals surface area contributed by atoms with Crippen LogP contribution in [-0.2, 0) is 22.6 Å². The number of likely N-dealkylation sites (N-methyl/N-ethyl adjacent to an activating group) is 1. The molecule has 8 heteroatoms. The Bertz CT molecular complexity index is 1340. The van der Waals surface area contributed by atoms with Crippen molar-refractivity contribution in [1.29, 1.82) is 0 Å². The molecule has 2 aromatic carbocycles. The molecule has 1 aliphatic heterocycles. The Balaban J connectivity index is 1.59. The molecular weight excluding hydrogens is 444 g/mol. The molecule has 182 valence electrons. The predicted molar refractivity (Wildman–Crippen MR) is 135 cm³/mol. The van der Waals surface area contributed by atoms with Crippen LogP contribution in [0.15, 0.2) is 30.3 Å². The monoisotopic (exact) mass is 474 g/mol. The average molecular weight is 475 g/mol. The van der Waals surface area contributed by atoms with Crippen LogP contribution in [-0.4, -0.2) is 47.0 Å². The van der Waals surface area contributed by atoms with Crippen LogP contribution in [0, 0.1) is 13.8 Å². The lowest BCUT2D eigenvalue weighted by Crippen LogP contribution is -2.51. The van der Waals surface area contributed by atoms with Crippen LogP contribution in [0.2, 0.25) is 0 Å². The first-order valence-corrected chi connectivity index (χ1v) is 11.8. The summed E-state index contributed by atoms with van der Waals surface area (Å²) in [5.41, 5.74) is 6.40. The van der Waals surface area contributed by atoms with Crippen LogP contribution in [0.1, 0.15) is 62.9 Å². The fourth-order valence-corrected chi connectivity index (χ4v) is 4.88. The second-order valence-electron chi connectivity index (χ2n) is 9.20. The van der Waals surface area contributed by atoms with Crippen molar-refractivity contribution in [2.24, 2.45) is 0 Å². The highest BCUT2D eigenvalue weighted by molar-refractivity contribution is 6.08. The predicted octanol–water partition coefficient (Wildman–Crippen LogP) is 3.65. The first kappa shape index (κ1) is 24.3. The van der Waals surface area contributed by atoms with Crippen molar-refractivity contribution in [2.45, 2.75) is 52.6 Å². The molecule has 3 amide bonds. The van der Waals surface area contributed by atoms with Crippen LogP contribution in [0.5, 0.6) is 0 Å². The highest BCUT2D eigenvalue weighted by Gasteiger charge is 2.30. The molecule has 0 saturated carbocycles. The minimum atomic E-state index is -0.462. The Kier molecular flexibility index (Phi) is 6.84. The highest BCUT2D eigenvalue weighted by atomic mass is 16.2. The summed E-state index contributed by atoms with van der Waals surface area (Å²) in [7, 11) is 1.78. The van der Waals surface area contributed by atoms with E-state index in [0.29, 0.717) is 41.9 Å². The molecule has 8 nitrogen and oxygen atoms in total.